The lowest BCUT2D eigenvalue weighted by Gasteiger charge is -2.26. The second-order valence-corrected chi connectivity index (χ2v) is 9.35. The molecule has 36 heavy (non-hydrogen) atoms. The Labute approximate surface area is 219 Å². The molecular formula is C26H25Cl2N5O3. The van der Waals surface area contributed by atoms with E-state index in [9.17, 15) is 14.9 Å². The molecule has 0 saturated carbocycles. The minimum atomic E-state index is -0.386. The van der Waals surface area contributed by atoms with E-state index in [1.807, 2.05) is 36.2 Å². The van der Waals surface area contributed by atoms with Crippen LogP contribution >= 0.6 is 23.2 Å². The molecule has 0 spiro atoms. The van der Waals surface area contributed by atoms with Crippen LogP contribution in [0.15, 0.2) is 42.5 Å². The van der Waals surface area contributed by atoms with Crippen molar-refractivity contribution in [2.24, 2.45) is 0 Å². The van der Waals surface area contributed by atoms with Crippen molar-refractivity contribution in [1.29, 1.82) is 0 Å². The number of nitrogens with zero attached hydrogens (tertiary/aromatic N) is 4. The van der Waals surface area contributed by atoms with Gasteiger partial charge >= 0.3 is 0 Å². The molecule has 1 aliphatic rings. The van der Waals surface area contributed by atoms with Gasteiger partial charge < -0.3 is 0 Å². The molecule has 2 heterocycles. The predicted molar refractivity (Wildman–Crippen MR) is 140 cm³/mol. The lowest BCUT2D eigenvalue weighted by molar-refractivity contribution is -0.478. The molecule has 2 aromatic carbocycles. The zero-order chi connectivity index (χ0) is 25.7. The molecule has 0 radical (unpaired) electrons. The van der Waals surface area contributed by atoms with Crippen molar-refractivity contribution in [2.45, 2.75) is 32.6 Å². The van der Waals surface area contributed by atoms with E-state index in [1.54, 1.807) is 22.9 Å². The average Bonchev–Trinajstić information content (AvgIpc) is 3.19. The van der Waals surface area contributed by atoms with Gasteiger partial charge in [-0.25, -0.2) is 9.69 Å². The summed E-state index contributed by atoms with van der Waals surface area (Å²) in [5.41, 5.74) is 6.87. The van der Waals surface area contributed by atoms with Crippen LogP contribution in [0.3, 0.4) is 0 Å². The van der Waals surface area contributed by atoms with Crippen LogP contribution in [-0.2, 0) is 0 Å². The van der Waals surface area contributed by atoms with Gasteiger partial charge in [-0.1, -0.05) is 53.6 Å². The summed E-state index contributed by atoms with van der Waals surface area (Å²) in [4.78, 5) is 23.3. The number of carbonyl (C=O) groups excluding carboxylic acids is 1. The Morgan fingerprint density at radius 2 is 1.86 bits per heavy atom. The highest BCUT2D eigenvalue weighted by Gasteiger charge is 2.24. The smallest absolute Gasteiger partial charge is 0.283 e. The normalized spacial score (nSPS) is 13.6. The molecule has 1 N–H and O–H groups in total. The van der Waals surface area contributed by atoms with E-state index in [2.05, 4.69) is 22.4 Å². The van der Waals surface area contributed by atoms with Gasteiger partial charge in [0.05, 0.1) is 22.8 Å². The number of hydrazine groups is 1. The minimum absolute atomic E-state index is 0.186. The summed E-state index contributed by atoms with van der Waals surface area (Å²) in [6, 6.07) is 12.6. The summed E-state index contributed by atoms with van der Waals surface area (Å²) < 4.78 is 1.66. The molecule has 0 bridgehead atoms. The number of piperidine rings is 1. The molecule has 1 fully saturated rings. The number of nitrogens with one attached hydrogen (secondary N) is 1. The number of nitro groups is 1. The standard InChI is InChI=1S/C26H25Cl2N5O3/c1-18-24(26(34)30-31-14-4-2-5-15-31)29-33(23-13-12-21(27)17-22(23)28)25(18)20-10-8-19(9-11-20)7-3-6-16-32(35)36/h8-13,17H,2,4-6,14-16H2,1H3,(H,30,34). The van der Waals surface area contributed by atoms with E-state index >= 15 is 0 Å². The molecule has 4 rings (SSSR count). The lowest BCUT2D eigenvalue weighted by atomic mass is 10.0. The molecule has 0 unspecified atom stereocenters. The van der Waals surface area contributed by atoms with E-state index in [4.69, 9.17) is 23.2 Å². The lowest BCUT2D eigenvalue weighted by Crippen LogP contribution is -2.45. The van der Waals surface area contributed by atoms with Crippen molar-refractivity contribution >= 4 is 29.1 Å². The number of amides is 1. The first-order chi connectivity index (χ1) is 17.3. The van der Waals surface area contributed by atoms with Crippen LogP contribution < -0.4 is 5.43 Å². The zero-order valence-electron chi connectivity index (χ0n) is 19.8. The summed E-state index contributed by atoms with van der Waals surface area (Å²) >= 11 is 12.6. The van der Waals surface area contributed by atoms with E-state index in [1.165, 1.54) is 0 Å². The van der Waals surface area contributed by atoms with Crippen LogP contribution in [0.2, 0.25) is 10.0 Å². The maximum atomic E-state index is 13.2. The van der Waals surface area contributed by atoms with Crippen LogP contribution in [0, 0.1) is 28.9 Å². The van der Waals surface area contributed by atoms with Crippen molar-refractivity contribution in [1.82, 2.24) is 20.2 Å². The van der Waals surface area contributed by atoms with Crippen LogP contribution in [0.25, 0.3) is 16.9 Å². The highest BCUT2D eigenvalue weighted by atomic mass is 35.5. The number of hydrogen-bond acceptors (Lipinski definition) is 5. The Morgan fingerprint density at radius 1 is 1.14 bits per heavy atom. The van der Waals surface area contributed by atoms with Crippen molar-refractivity contribution < 1.29 is 9.72 Å². The third kappa shape index (κ3) is 6.05. The summed E-state index contributed by atoms with van der Waals surface area (Å²) in [5, 5.41) is 18.0. The number of halogens is 2. The number of aromatic nitrogens is 2. The number of carbonyl (C=O) groups is 1. The number of rotatable bonds is 6. The van der Waals surface area contributed by atoms with Gasteiger partial charge in [0.2, 0.25) is 6.54 Å². The third-order valence-electron chi connectivity index (χ3n) is 5.90. The molecule has 186 valence electrons. The van der Waals surface area contributed by atoms with Crippen LogP contribution in [0.5, 0.6) is 0 Å². The molecular weight excluding hydrogens is 501 g/mol. The zero-order valence-corrected chi connectivity index (χ0v) is 21.3. The minimum Gasteiger partial charge on any atom is -0.283 e. The Hall–Kier alpha value is -3.38. The molecule has 8 nitrogen and oxygen atoms in total. The molecule has 3 aromatic rings. The van der Waals surface area contributed by atoms with Crippen LogP contribution in [-0.4, -0.2) is 45.3 Å². The molecule has 10 heteroatoms. The SMILES string of the molecule is Cc1c(C(=O)NN2CCCCC2)nn(-c2ccc(Cl)cc2Cl)c1-c1ccc(C#CCC[N+](=O)[O-])cc1. The Morgan fingerprint density at radius 3 is 2.53 bits per heavy atom. The second-order valence-electron chi connectivity index (χ2n) is 8.50. The Bertz CT molecular complexity index is 1340. The first-order valence-corrected chi connectivity index (χ1v) is 12.4. The van der Waals surface area contributed by atoms with E-state index in [0.717, 1.165) is 49.2 Å². The predicted octanol–water partition coefficient (Wildman–Crippen LogP) is 5.30. The Balaban J connectivity index is 1.71. The van der Waals surface area contributed by atoms with Crippen molar-refractivity contribution in [2.75, 3.05) is 19.6 Å². The first kappa shape index (κ1) is 25.7. The van der Waals surface area contributed by atoms with Gasteiger partial charge in [-0.3, -0.25) is 20.3 Å². The highest BCUT2D eigenvalue weighted by Crippen LogP contribution is 2.33. The van der Waals surface area contributed by atoms with Gasteiger partial charge in [0, 0.05) is 39.7 Å². The van der Waals surface area contributed by atoms with Gasteiger partial charge in [-0.2, -0.15) is 5.10 Å². The maximum Gasteiger partial charge on any atom is 0.286 e. The van der Waals surface area contributed by atoms with Crippen LogP contribution in [0.1, 0.15) is 47.3 Å². The molecule has 1 saturated heterocycles. The Kier molecular flexibility index (Phi) is 8.26. The van der Waals surface area contributed by atoms with Gasteiger partial charge in [0.15, 0.2) is 5.69 Å². The van der Waals surface area contributed by atoms with E-state index in [-0.39, 0.29) is 23.8 Å². The van der Waals surface area contributed by atoms with Gasteiger partial charge in [0.25, 0.3) is 5.91 Å². The van der Waals surface area contributed by atoms with Crippen LogP contribution in [0.4, 0.5) is 0 Å². The monoisotopic (exact) mass is 525 g/mol. The molecule has 1 amide bonds. The largest absolute Gasteiger partial charge is 0.286 e. The fourth-order valence-electron chi connectivity index (χ4n) is 4.10. The second kappa shape index (κ2) is 11.6. The van der Waals surface area contributed by atoms with Gasteiger partial charge in [-0.15, -0.1) is 0 Å². The molecule has 0 atom stereocenters. The average molecular weight is 526 g/mol. The number of benzene rings is 2. The van der Waals surface area contributed by atoms with E-state index in [0.29, 0.717) is 27.0 Å². The quantitative estimate of drug-likeness (QED) is 0.267. The van der Waals surface area contributed by atoms with Crippen molar-refractivity contribution in [3.05, 3.63) is 79.4 Å². The fraction of sp³-hybridized carbons (Fsp3) is 0.308. The molecule has 1 aromatic heterocycles. The highest BCUT2D eigenvalue weighted by molar-refractivity contribution is 6.35. The van der Waals surface area contributed by atoms with Gasteiger partial charge in [-0.05, 0) is 50.1 Å². The first-order valence-electron chi connectivity index (χ1n) is 11.7. The summed E-state index contributed by atoms with van der Waals surface area (Å²) in [6.45, 7) is 3.30. The number of hydrogen-bond donors (Lipinski definition) is 1. The topological polar surface area (TPSA) is 93.3 Å². The third-order valence-corrected chi connectivity index (χ3v) is 6.44. The summed E-state index contributed by atoms with van der Waals surface area (Å²) in [5.74, 6) is 5.49. The summed E-state index contributed by atoms with van der Waals surface area (Å²) in [7, 11) is 0. The fourth-order valence-corrected chi connectivity index (χ4v) is 4.59. The molecule has 0 aliphatic carbocycles. The van der Waals surface area contributed by atoms with Gasteiger partial charge in [0.1, 0.15) is 0 Å². The van der Waals surface area contributed by atoms with Crippen molar-refractivity contribution in [3.8, 4) is 28.8 Å². The maximum absolute atomic E-state index is 13.2. The van der Waals surface area contributed by atoms with Crippen molar-refractivity contribution in [3.63, 3.8) is 0 Å². The molecule has 1 aliphatic heterocycles. The summed E-state index contributed by atoms with van der Waals surface area (Å²) in [6.07, 6.45) is 3.43. The van der Waals surface area contributed by atoms with E-state index < -0.39 is 0 Å².